The van der Waals surface area contributed by atoms with E-state index in [-0.39, 0.29) is 5.89 Å². The minimum atomic E-state index is 0.256. The number of anilines is 1. The molecule has 0 unspecified atom stereocenters. The van der Waals surface area contributed by atoms with E-state index in [1.807, 2.05) is 31.2 Å². The molecule has 0 spiro atoms. The summed E-state index contributed by atoms with van der Waals surface area (Å²) in [5.41, 5.74) is 3.58. The third kappa shape index (κ3) is 3.02. The first-order valence-electron chi connectivity index (χ1n) is 6.71. The van der Waals surface area contributed by atoms with Gasteiger partial charge in [0.15, 0.2) is 11.9 Å². The molecule has 0 atom stereocenters. The molecule has 2 aromatic carbocycles. The lowest BCUT2D eigenvalue weighted by Gasteiger charge is -2.01. The van der Waals surface area contributed by atoms with E-state index in [4.69, 9.17) is 16.0 Å². The number of benzene rings is 2. The molecule has 0 aliphatic rings. The maximum Gasteiger partial charge on any atom is 0.232 e. The highest BCUT2D eigenvalue weighted by Crippen LogP contribution is 2.23. The van der Waals surface area contributed by atoms with Gasteiger partial charge in [-0.1, -0.05) is 29.3 Å². The van der Waals surface area contributed by atoms with E-state index >= 15 is 0 Å². The molecule has 1 N–H and O–H groups in total. The van der Waals surface area contributed by atoms with Gasteiger partial charge in [0.05, 0.1) is 5.57 Å². The Morgan fingerprint density at radius 1 is 1.23 bits per heavy atom. The lowest BCUT2D eigenvalue weighted by Crippen LogP contribution is -1.93. The summed E-state index contributed by atoms with van der Waals surface area (Å²) in [7, 11) is 0. The van der Waals surface area contributed by atoms with Crippen LogP contribution in [0.4, 0.5) is 5.69 Å². The van der Waals surface area contributed by atoms with Gasteiger partial charge in [0.1, 0.15) is 5.52 Å². The van der Waals surface area contributed by atoms with Crippen molar-refractivity contribution in [3.05, 3.63) is 65.1 Å². The van der Waals surface area contributed by atoms with Gasteiger partial charge in [0, 0.05) is 16.9 Å². The number of allylic oxidation sites excluding steroid dienone is 1. The van der Waals surface area contributed by atoms with Gasteiger partial charge in [-0.05, 0) is 37.3 Å². The van der Waals surface area contributed by atoms with Crippen molar-refractivity contribution < 1.29 is 9.21 Å². The number of nitrogens with zero attached hydrogens (tertiary/aromatic N) is 1. The maximum absolute atomic E-state index is 11.3. The topological polar surface area (TPSA) is 55.1 Å². The van der Waals surface area contributed by atoms with Crippen molar-refractivity contribution in [1.82, 2.24) is 4.98 Å². The van der Waals surface area contributed by atoms with Crippen LogP contribution in [0.5, 0.6) is 0 Å². The van der Waals surface area contributed by atoms with Crippen molar-refractivity contribution >= 4 is 40.2 Å². The molecular formula is C17H13ClN2O2. The van der Waals surface area contributed by atoms with Crippen LogP contribution in [0.25, 0.3) is 16.7 Å². The zero-order valence-electron chi connectivity index (χ0n) is 11.8. The van der Waals surface area contributed by atoms with E-state index in [1.165, 1.54) is 5.56 Å². The van der Waals surface area contributed by atoms with Crippen LogP contribution in [-0.2, 0) is 4.79 Å². The van der Waals surface area contributed by atoms with Crippen molar-refractivity contribution in [2.75, 3.05) is 5.32 Å². The molecule has 0 saturated carbocycles. The van der Waals surface area contributed by atoms with E-state index in [0.29, 0.717) is 28.0 Å². The molecule has 0 bridgehead atoms. The van der Waals surface area contributed by atoms with Crippen molar-refractivity contribution in [1.29, 1.82) is 0 Å². The van der Waals surface area contributed by atoms with Crippen molar-refractivity contribution in [3.8, 4) is 0 Å². The second kappa shape index (κ2) is 6.03. The van der Waals surface area contributed by atoms with Gasteiger partial charge in [-0.15, -0.1) is 0 Å². The van der Waals surface area contributed by atoms with Crippen molar-refractivity contribution in [2.24, 2.45) is 0 Å². The minimum absolute atomic E-state index is 0.256. The van der Waals surface area contributed by atoms with Gasteiger partial charge in [-0.3, -0.25) is 4.79 Å². The van der Waals surface area contributed by atoms with Crippen LogP contribution in [-0.4, -0.2) is 11.3 Å². The number of rotatable bonds is 4. The Balaban J connectivity index is 1.89. The average Bonchev–Trinajstić information content (AvgIpc) is 2.92. The number of carbonyl (C=O) groups excluding carboxylic acids is 1. The van der Waals surface area contributed by atoms with E-state index < -0.39 is 0 Å². The molecule has 0 fully saturated rings. The molecule has 5 heteroatoms. The van der Waals surface area contributed by atoms with Crippen molar-refractivity contribution in [2.45, 2.75) is 6.92 Å². The Morgan fingerprint density at radius 3 is 2.73 bits per heavy atom. The molecule has 3 aromatic rings. The van der Waals surface area contributed by atoms with Gasteiger partial charge < -0.3 is 9.73 Å². The predicted molar refractivity (Wildman–Crippen MR) is 87.9 cm³/mol. The van der Waals surface area contributed by atoms with Gasteiger partial charge in [-0.25, -0.2) is 4.98 Å². The Kier molecular flexibility index (Phi) is 3.94. The van der Waals surface area contributed by atoms with Crippen LogP contribution in [0.3, 0.4) is 0 Å². The summed E-state index contributed by atoms with van der Waals surface area (Å²) in [5.74, 6) is 0.256. The number of fused-ring (bicyclic) bond motifs is 1. The zero-order valence-corrected chi connectivity index (χ0v) is 12.6. The number of halogens is 1. The van der Waals surface area contributed by atoms with Crippen LogP contribution in [0.15, 0.2) is 53.1 Å². The number of carbonyl (C=O) groups is 1. The normalized spacial score (nSPS) is 11.6. The number of aldehydes is 1. The average molecular weight is 313 g/mol. The Labute approximate surface area is 132 Å². The van der Waals surface area contributed by atoms with Crippen LogP contribution in [0.2, 0.25) is 5.02 Å². The molecule has 0 amide bonds. The Morgan fingerprint density at radius 2 is 2.00 bits per heavy atom. The number of aryl methyl sites for hydroxylation is 1. The minimum Gasteiger partial charge on any atom is -0.436 e. The smallest absolute Gasteiger partial charge is 0.232 e. The van der Waals surface area contributed by atoms with E-state index in [9.17, 15) is 4.79 Å². The highest BCUT2D eigenvalue weighted by molar-refractivity contribution is 6.31. The molecule has 0 aliphatic heterocycles. The van der Waals surface area contributed by atoms with Crippen LogP contribution in [0.1, 0.15) is 11.5 Å². The molecule has 0 saturated heterocycles. The molecule has 22 heavy (non-hydrogen) atoms. The second-order valence-electron chi connectivity index (χ2n) is 4.86. The number of oxazole rings is 1. The fourth-order valence-corrected chi connectivity index (χ4v) is 2.15. The van der Waals surface area contributed by atoms with Gasteiger partial charge in [-0.2, -0.15) is 0 Å². The Hall–Kier alpha value is -2.59. The third-order valence-electron chi connectivity index (χ3n) is 3.17. The summed E-state index contributed by atoms with van der Waals surface area (Å²) in [6, 6.07) is 13.0. The van der Waals surface area contributed by atoms with Crippen LogP contribution < -0.4 is 5.32 Å². The number of hydrogen-bond acceptors (Lipinski definition) is 4. The first-order valence-corrected chi connectivity index (χ1v) is 7.08. The molecular weight excluding hydrogens is 300 g/mol. The summed E-state index contributed by atoms with van der Waals surface area (Å²) in [6.45, 7) is 2.01. The molecule has 0 radical (unpaired) electrons. The van der Waals surface area contributed by atoms with Gasteiger partial charge >= 0.3 is 0 Å². The largest absolute Gasteiger partial charge is 0.436 e. The molecule has 4 nitrogen and oxygen atoms in total. The van der Waals surface area contributed by atoms with Crippen molar-refractivity contribution in [3.63, 3.8) is 0 Å². The lowest BCUT2D eigenvalue weighted by molar-refractivity contribution is -0.103. The maximum atomic E-state index is 11.3. The summed E-state index contributed by atoms with van der Waals surface area (Å²) in [4.78, 5) is 15.6. The summed E-state index contributed by atoms with van der Waals surface area (Å²) in [5, 5.41) is 3.63. The monoisotopic (exact) mass is 312 g/mol. The Bertz CT molecular complexity index is 851. The molecule has 3 rings (SSSR count). The fourth-order valence-electron chi connectivity index (χ4n) is 1.98. The number of nitrogens with one attached hydrogen (secondary N) is 1. The predicted octanol–water partition coefficient (Wildman–Crippen LogP) is 4.44. The lowest BCUT2D eigenvalue weighted by atomic mass is 10.2. The first-order chi connectivity index (χ1) is 10.7. The van der Waals surface area contributed by atoms with E-state index in [0.717, 1.165) is 5.69 Å². The van der Waals surface area contributed by atoms with Crippen LogP contribution >= 0.6 is 11.6 Å². The number of aromatic nitrogens is 1. The van der Waals surface area contributed by atoms with Gasteiger partial charge in [0.2, 0.25) is 5.89 Å². The highest BCUT2D eigenvalue weighted by atomic mass is 35.5. The standard InChI is InChI=1S/C17H13ClN2O2/c1-11-2-5-14(6-3-11)19-9-12(10-21)17-20-15-8-13(18)4-7-16(15)22-17/h2-10,19H,1H3/b12-9+. The molecule has 110 valence electrons. The first kappa shape index (κ1) is 14.4. The van der Waals surface area contributed by atoms with E-state index in [2.05, 4.69) is 10.3 Å². The van der Waals surface area contributed by atoms with E-state index in [1.54, 1.807) is 24.4 Å². The third-order valence-corrected chi connectivity index (χ3v) is 3.40. The highest BCUT2D eigenvalue weighted by Gasteiger charge is 2.10. The SMILES string of the molecule is Cc1ccc(N/C=C(\C=O)c2nc3cc(Cl)ccc3o2)cc1. The second-order valence-corrected chi connectivity index (χ2v) is 5.30. The zero-order chi connectivity index (χ0) is 15.5. The quantitative estimate of drug-likeness (QED) is 0.571. The van der Waals surface area contributed by atoms with Gasteiger partial charge in [0.25, 0.3) is 0 Å². The van der Waals surface area contributed by atoms with Crippen LogP contribution in [0, 0.1) is 6.92 Å². The summed E-state index contributed by atoms with van der Waals surface area (Å²) >= 11 is 5.92. The number of hydrogen-bond donors (Lipinski definition) is 1. The molecule has 1 aromatic heterocycles. The molecule has 1 heterocycles. The summed E-state index contributed by atoms with van der Waals surface area (Å²) < 4.78 is 5.57. The molecule has 0 aliphatic carbocycles. The fraction of sp³-hybridized carbons (Fsp3) is 0.0588. The summed E-state index contributed by atoms with van der Waals surface area (Å²) in [6.07, 6.45) is 2.28.